The van der Waals surface area contributed by atoms with Crippen LogP contribution >= 0.6 is 0 Å². The Bertz CT molecular complexity index is 371. The van der Waals surface area contributed by atoms with Crippen molar-refractivity contribution in [1.29, 1.82) is 5.41 Å². The van der Waals surface area contributed by atoms with Crippen LogP contribution in [0.1, 0.15) is 22.8 Å². The zero-order chi connectivity index (χ0) is 10.0. The molecule has 0 saturated carbocycles. The normalized spacial score (nSPS) is 9.62. The van der Waals surface area contributed by atoms with Gasteiger partial charge in [0.1, 0.15) is 0 Å². The zero-order valence-electron chi connectivity index (χ0n) is 7.29. The van der Waals surface area contributed by atoms with Gasteiger partial charge in [0, 0.05) is 22.5 Å². The fourth-order valence-corrected chi connectivity index (χ4v) is 1.03. The van der Waals surface area contributed by atoms with E-state index in [4.69, 9.17) is 16.9 Å². The smallest absolute Gasteiger partial charge is 0.248 e. The lowest BCUT2D eigenvalue weighted by molar-refractivity contribution is 0.100. The number of primary amides is 1. The van der Waals surface area contributed by atoms with Crippen LogP contribution in [-0.2, 0) is 0 Å². The third-order valence-corrected chi connectivity index (χ3v) is 1.74. The Labute approximate surface area is 76.1 Å². The highest BCUT2D eigenvalue weighted by molar-refractivity contribution is 6.03. The Morgan fingerprint density at radius 1 is 1.46 bits per heavy atom. The molecule has 68 valence electrons. The highest BCUT2D eigenvalue weighted by atomic mass is 16.1. The largest absolute Gasteiger partial charge is 0.398 e. The molecule has 0 heterocycles. The van der Waals surface area contributed by atoms with Crippen molar-refractivity contribution in [2.75, 3.05) is 5.73 Å². The molecule has 0 aliphatic carbocycles. The lowest BCUT2D eigenvalue weighted by Crippen LogP contribution is -2.12. The number of hydrogen-bond donors (Lipinski definition) is 3. The maximum atomic E-state index is 10.8. The summed E-state index contributed by atoms with van der Waals surface area (Å²) in [6, 6.07) is 4.65. The first kappa shape index (κ1) is 9.25. The van der Waals surface area contributed by atoms with Gasteiger partial charge < -0.3 is 16.9 Å². The minimum absolute atomic E-state index is 0.320. The Kier molecular flexibility index (Phi) is 2.32. The summed E-state index contributed by atoms with van der Waals surface area (Å²) in [5.74, 6) is -0.512. The Hall–Kier alpha value is -1.84. The van der Waals surface area contributed by atoms with Crippen molar-refractivity contribution >= 4 is 17.3 Å². The van der Waals surface area contributed by atoms with Gasteiger partial charge in [-0.25, -0.2) is 0 Å². The minimum atomic E-state index is -0.512. The van der Waals surface area contributed by atoms with Gasteiger partial charge in [-0.2, -0.15) is 0 Å². The van der Waals surface area contributed by atoms with Crippen molar-refractivity contribution in [2.24, 2.45) is 5.73 Å². The molecular formula is C9H11N3O. The molecule has 4 heteroatoms. The van der Waals surface area contributed by atoms with Crippen LogP contribution in [0.5, 0.6) is 0 Å². The van der Waals surface area contributed by atoms with Crippen molar-refractivity contribution in [2.45, 2.75) is 6.92 Å². The second-order valence-corrected chi connectivity index (χ2v) is 2.79. The van der Waals surface area contributed by atoms with Gasteiger partial charge in [-0.05, 0) is 25.1 Å². The Balaban J connectivity index is 3.27. The van der Waals surface area contributed by atoms with E-state index in [2.05, 4.69) is 0 Å². The molecule has 0 aliphatic rings. The van der Waals surface area contributed by atoms with Gasteiger partial charge in [-0.15, -0.1) is 0 Å². The summed E-state index contributed by atoms with van der Waals surface area (Å²) in [6.07, 6.45) is 0. The van der Waals surface area contributed by atoms with Gasteiger partial charge in [0.05, 0.1) is 0 Å². The first-order valence-electron chi connectivity index (χ1n) is 3.77. The molecular weight excluding hydrogens is 166 g/mol. The summed E-state index contributed by atoms with van der Waals surface area (Å²) in [5.41, 5.74) is 12.4. The van der Waals surface area contributed by atoms with E-state index in [0.29, 0.717) is 22.5 Å². The first-order valence-corrected chi connectivity index (χ1v) is 3.77. The standard InChI is InChI=1S/C9H11N3O/c1-5(10)7-4-6(9(12)13)2-3-8(7)11/h2-4,10H,11H2,1H3,(H2,12,13). The quantitative estimate of drug-likeness (QED) is 0.459. The molecule has 0 atom stereocenters. The highest BCUT2D eigenvalue weighted by Crippen LogP contribution is 2.14. The number of rotatable bonds is 2. The topological polar surface area (TPSA) is 93.0 Å². The van der Waals surface area contributed by atoms with E-state index in [1.54, 1.807) is 19.1 Å². The van der Waals surface area contributed by atoms with Gasteiger partial charge in [0.15, 0.2) is 0 Å². The van der Waals surface area contributed by atoms with Crippen LogP contribution in [0.15, 0.2) is 18.2 Å². The number of benzene rings is 1. The fourth-order valence-electron chi connectivity index (χ4n) is 1.03. The van der Waals surface area contributed by atoms with Crippen molar-refractivity contribution in [3.8, 4) is 0 Å². The van der Waals surface area contributed by atoms with Crippen LogP contribution in [0, 0.1) is 5.41 Å². The number of hydrogen-bond acceptors (Lipinski definition) is 3. The average molecular weight is 177 g/mol. The summed E-state index contributed by atoms with van der Waals surface area (Å²) in [6.45, 7) is 1.61. The number of nitrogen functional groups attached to an aromatic ring is 1. The third kappa shape index (κ3) is 1.84. The van der Waals surface area contributed by atoms with E-state index in [1.165, 1.54) is 6.07 Å². The van der Waals surface area contributed by atoms with E-state index >= 15 is 0 Å². The highest BCUT2D eigenvalue weighted by Gasteiger charge is 2.05. The number of amides is 1. The molecule has 1 amide bonds. The monoisotopic (exact) mass is 177 g/mol. The van der Waals surface area contributed by atoms with Crippen molar-refractivity contribution in [1.82, 2.24) is 0 Å². The zero-order valence-corrected chi connectivity index (χ0v) is 7.29. The van der Waals surface area contributed by atoms with Crippen molar-refractivity contribution < 1.29 is 4.79 Å². The molecule has 0 radical (unpaired) electrons. The summed E-state index contributed by atoms with van der Waals surface area (Å²) >= 11 is 0. The van der Waals surface area contributed by atoms with Crippen LogP contribution in [0.4, 0.5) is 5.69 Å². The summed E-state index contributed by atoms with van der Waals surface area (Å²) in [7, 11) is 0. The van der Waals surface area contributed by atoms with Crippen LogP contribution < -0.4 is 11.5 Å². The van der Waals surface area contributed by atoms with E-state index < -0.39 is 5.91 Å². The lowest BCUT2D eigenvalue weighted by Gasteiger charge is -2.04. The van der Waals surface area contributed by atoms with Crippen LogP contribution in [0.25, 0.3) is 0 Å². The Morgan fingerprint density at radius 3 is 2.54 bits per heavy atom. The molecule has 0 bridgehead atoms. The summed E-state index contributed by atoms with van der Waals surface area (Å²) in [4.78, 5) is 10.8. The molecule has 0 unspecified atom stereocenters. The molecule has 0 spiro atoms. The van der Waals surface area contributed by atoms with Gasteiger partial charge in [-0.1, -0.05) is 0 Å². The first-order chi connectivity index (χ1) is 6.02. The van der Waals surface area contributed by atoms with E-state index in [9.17, 15) is 4.79 Å². The fraction of sp³-hybridized carbons (Fsp3) is 0.111. The molecule has 0 saturated heterocycles. The molecule has 1 aromatic carbocycles. The van der Waals surface area contributed by atoms with Gasteiger partial charge in [0.2, 0.25) is 5.91 Å². The number of carbonyl (C=O) groups is 1. The Morgan fingerprint density at radius 2 is 2.08 bits per heavy atom. The second-order valence-electron chi connectivity index (χ2n) is 2.79. The van der Waals surface area contributed by atoms with Crippen LogP contribution in [0.2, 0.25) is 0 Å². The number of anilines is 1. The summed E-state index contributed by atoms with van der Waals surface area (Å²) < 4.78 is 0. The maximum absolute atomic E-state index is 10.8. The predicted molar refractivity (Wildman–Crippen MR) is 51.9 cm³/mol. The molecule has 0 aromatic heterocycles. The van der Waals surface area contributed by atoms with Gasteiger partial charge in [0.25, 0.3) is 0 Å². The van der Waals surface area contributed by atoms with E-state index in [-0.39, 0.29) is 0 Å². The van der Waals surface area contributed by atoms with Gasteiger partial charge >= 0.3 is 0 Å². The molecule has 13 heavy (non-hydrogen) atoms. The third-order valence-electron chi connectivity index (χ3n) is 1.74. The van der Waals surface area contributed by atoms with Gasteiger partial charge in [-0.3, -0.25) is 4.79 Å². The number of carbonyl (C=O) groups excluding carboxylic acids is 1. The minimum Gasteiger partial charge on any atom is -0.398 e. The summed E-state index contributed by atoms with van der Waals surface area (Å²) in [5, 5.41) is 7.38. The molecule has 0 aliphatic heterocycles. The number of nitrogens with two attached hydrogens (primary N) is 2. The molecule has 0 fully saturated rings. The molecule has 5 N–H and O–H groups in total. The lowest BCUT2D eigenvalue weighted by atomic mass is 10.1. The van der Waals surface area contributed by atoms with Crippen molar-refractivity contribution in [3.05, 3.63) is 29.3 Å². The van der Waals surface area contributed by atoms with Crippen molar-refractivity contribution in [3.63, 3.8) is 0 Å². The predicted octanol–water partition coefficient (Wildman–Crippen LogP) is 0.755. The number of nitrogens with one attached hydrogen (secondary N) is 1. The average Bonchev–Trinajstić information content (AvgIpc) is 2.04. The molecule has 1 rings (SSSR count). The molecule has 4 nitrogen and oxygen atoms in total. The van der Waals surface area contributed by atoms with Crippen LogP contribution in [-0.4, -0.2) is 11.6 Å². The molecule has 1 aromatic rings. The van der Waals surface area contributed by atoms with E-state index in [1.807, 2.05) is 0 Å². The SMILES string of the molecule is CC(=N)c1cc(C(N)=O)ccc1N. The maximum Gasteiger partial charge on any atom is 0.248 e. The van der Waals surface area contributed by atoms with Crippen LogP contribution in [0.3, 0.4) is 0 Å². The van der Waals surface area contributed by atoms with E-state index in [0.717, 1.165) is 0 Å². The second kappa shape index (κ2) is 3.26.